The maximum absolute atomic E-state index is 8.58. The van der Waals surface area contributed by atoms with Crippen molar-refractivity contribution in [2.45, 2.75) is 71.3 Å². The molecule has 0 heterocycles. The fourth-order valence-corrected chi connectivity index (χ4v) is 1.68. The summed E-state index contributed by atoms with van der Waals surface area (Å²) in [4.78, 5) is 0. The third-order valence-corrected chi connectivity index (χ3v) is 2.79. The Morgan fingerprint density at radius 1 is 1.07 bits per heavy atom. The van der Waals surface area contributed by atoms with E-state index in [2.05, 4.69) is 25.2 Å². The van der Waals surface area contributed by atoms with Crippen molar-refractivity contribution < 1.29 is 0 Å². The first-order chi connectivity index (χ1) is 7.35. The molecular weight excluding hydrogens is 184 g/mol. The minimum Gasteiger partial charge on any atom is -0.313 e. The topological polar surface area (TPSA) is 35.8 Å². The van der Waals surface area contributed by atoms with Gasteiger partial charge >= 0.3 is 0 Å². The summed E-state index contributed by atoms with van der Waals surface area (Å²) in [5.74, 6) is 0. The molecule has 0 amide bonds. The third kappa shape index (κ3) is 9.75. The lowest BCUT2D eigenvalue weighted by molar-refractivity contribution is 0.483. The van der Waals surface area contributed by atoms with Crippen LogP contribution in [0.15, 0.2) is 0 Å². The molecule has 0 saturated carbocycles. The smallest absolute Gasteiger partial charge is 0.0638 e. The Kier molecular flexibility index (Phi) is 11.1. The molecule has 0 aromatic carbocycles. The quantitative estimate of drug-likeness (QED) is 0.559. The molecule has 0 aromatic rings. The van der Waals surface area contributed by atoms with E-state index >= 15 is 0 Å². The summed E-state index contributed by atoms with van der Waals surface area (Å²) in [5.41, 5.74) is 0. The van der Waals surface area contributed by atoms with Crippen LogP contribution in [-0.4, -0.2) is 12.6 Å². The van der Waals surface area contributed by atoms with Gasteiger partial charge in [-0.25, -0.2) is 0 Å². The monoisotopic (exact) mass is 210 g/mol. The molecule has 88 valence electrons. The largest absolute Gasteiger partial charge is 0.313 e. The van der Waals surface area contributed by atoms with E-state index in [1.807, 2.05) is 0 Å². The van der Waals surface area contributed by atoms with Crippen molar-refractivity contribution in [1.82, 2.24) is 5.32 Å². The van der Waals surface area contributed by atoms with E-state index in [4.69, 9.17) is 5.26 Å². The molecule has 0 spiro atoms. The molecule has 0 aliphatic rings. The number of hydrogen-bond donors (Lipinski definition) is 1. The molecule has 2 nitrogen and oxygen atoms in total. The lowest BCUT2D eigenvalue weighted by Gasteiger charge is -2.12. The van der Waals surface area contributed by atoms with Gasteiger partial charge in [-0.3, -0.25) is 0 Å². The van der Waals surface area contributed by atoms with Gasteiger partial charge in [0.15, 0.2) is 0 Å². The van der Waals surface area contributed by atoms with E-state index in [0.717, 1.165) is 13.0 Å². The van der Waals surface area contributed by atoms with E-state index in [1.54, 1.807) is 0 Å². The molecule has 0 aromatic heterocycles. The highest BCUT2D eigenvalue weighted by atomic mass is 14.9. The predicted octanol–water partition coefficient (Wildman–Crippen LogP) is 3.63. The van der Waals surface area contributed by atoms with Crippen molar-refractivity contribution in [2.75, 3.05) is 6.54 Å². The lowest BCUT2D eigenvalue weighted by atomic mass is 10.1. The number of nitrogens with one attached hydrogen (secondary N) is 1. The van der Waals surface area contributed by atoms with Gasteiger partial charge in [0.25, 0.3) is 0 Å². The van der Waals surface area contributed by atoms with Gasteiger partial charge in [-0.1, -0.05) is 46.0 Å². The van der Waals surface area contributed by atoms with Gasteiger partial charge in [0, 0.05) is 6.04 Å². The van der Waals surface area contributed by atoms with E-state index in [9.17, 15) is 0 Å². The van der Waals surface area contributed by atoms with Crippen LogP contribution in [0.1, 0.15) is 65.2 Å². The fraction of sp³-hybridized carbons (Fsp3) is 0.923. The molecule has 1 unspecified atom stereocenters. The van der Waals surface area contributed by atoms with Gasteiger partial charge in [0.2, 0.25) is 0 Å². The molecule has 0 fully saturated rings. The van der Waals surface area contributed by atoms with Crippen LogP contribution in [0.3, 0.4) is 0 Å². The van der Waals surface area contributed by atoms with E-state index in [1.165, 1.54) is 38.5 Å². The van der Waals surface area contributed by atoms with E-state index < -0.39 is 0 Å². The van der Waals surface area contributed by atoms with Gasteiger partial charge < -0.3 is 5.32 Å². The number of unbranched alkanes of at least 4 members (excludes halogenated alkanes) is 5. The van der Waals surface area contributed by atoms with Gasteiger partial charge in [-0.15, -0.1) is 0 Å². The first-order valence-corrected chi connectivity index (χ1v) is 6.45. The number of nitrogens with zero attached hydrogens (tertiary/aromatic N) is 1. The highest BCUT2D eigenvalue weighted by Crippen LogP contribution is 2.04. The summed E-state index contributed by atoms with van der Waals surface area (Å²) in [5, 5.41) is 12.0. The molecule has 0 bridgehead atoms. The molecule has 1 atom stereocenters. The van der Waals surface area contributed by atoms with E-state index in [0.29, 0.717) is 12.5 Å². The molecule has 0 saturated heterocycles. The Hall–Kier alpha value is -0.550. The van der Waals surface area contributed by atoms with E-state index in [-0.39, 0.29) is 0 Å². The predicted molar refractivity (Wildman–Crippen MR) is 65.7 cm³/mol. The Bertz CT molecular complexity index is 160. The highest BCUT2D eigenvalue weighted by molar-refractivity contribution is 4.79. The SMILES string of the molecule is CCCCCCCCNC(CC)CC#N. The Balaban J connectivity index is 3.18. The molecule has 0 radical (unpaired) electrons. The zero-order valence-corrected chi connectivity index (χ0v) is 10.4. The Morgan fingerprint density at radius 2 is 1.73 bits per heavy atom. The minimum atomic E-state index is 0.408. The minimum absolute atomic E-state index is 0.408. The second-order valence-corrected chi connectivity index (χ2v) is 4.19. The van der Waals surface area contributed by atoms with Crippen LogP contribution in [0.25, 0.3) is 0 Å². The number of rotatable bonds is 10. The standard InChI is InChI=1S/C13H26N2/c1-3-5-6-7-8-9-12-15-13(4-2)10-11-14/h13,15H,3-10,12H2,1-2H3. The van der Waals surface area contributed by atoms with Crippen LogP contribution in [0.2, 0.25) is 0 Å². The van der Waals surface area contributed by atoms with Gasteiger partial charge in [0.1, 0.15) is 0 Å². The summed E-state index contributed by atoms with van der Waals surface area (Å²) in [7, 11) is 0. The molecule has 2 heteroatoms. The average molecular weight is 210 g/mol. The van der Waals surface area contributed by atoms with Crippen LogP contribution in [0.4, 0.5) is 0 Å². The zero-order valence-electron chi connectivity index (χ0n) is 10.4. The Morgan fingerprint density at radius 3 is 2.33 bits per heavy atom. The molecule has 15 heavy (non-hydrogen) atoms. The third-order valence-electron chi connectivity index (χ3n) is 2.79. The fourth-order valence-electron chi connectivity index (χ4n) is 1.68. The summed E-state index contributed by atoms with van der Waals surface area (Å²) >= 11 is 0. The van der Waals surface area contributed by atoms with Crippen molar-refractivity contribution >= 4 is 0 Å². The van der Waals surface area contributed by atoms with Crippen LogP contribution >= 0.6 is 0 Å². The van der Waals surface area contributed by atoms with Crippen molar-refractivity contribution in [3.63, 3.8) is 0 Å². The van der Waals surface area contributed by atoms with Crippen molar-refractivity contribution in [3.8, 4) is 6.07 Å². The number of hydrogen-bond acceptors (Lipinski definition) is 2. The molecule has 0 aliphatic carbocycles. The van der Waals surface area contributed by atoms with Crippen LogP contribution in [-0.2, 0) is 0 Å². The van der Waals surface area contributed by atoms with Gasteiger partial charge in [-0.05, 0) is 19.4 Å². The molecule has 0 rings (SSSR count). The van der Waals surface area contributed by atoms with Crippen molar-refractivity contribution in [3.05, 3.63) is 0 Å². The number of nitriles is 1. The van der Waals surface area contributed by atoms with Crippen LogP contribution < -0.4 is 5.32 Å². The first-order valence-electron chi connectivity index (χ1n) is 6.45. The maximum atomic E-state index is 8.58. The first kappa shape index (κ1) is 14.5. The van der Waals surface area contributed by atoms with Gasteiger partial charge in [0.05, 0.1) is 12.5 Å². The molecule has 0 aliphatic heterocycles. The molecular formula is C13H26N2. The zero-order chi connectivity index (χ0) is 11.4. The summed E-state index contributed by atoms with van der Waals surface area (Å²) in [6, 6.07) is 2.63. The van der Waals surface area contributed by atoms with Crippen molar-refractivity contribution in [1.29, 1.82) is 5.26 Å². The summed E-state index contributed by atoms with van der Waals surface area (Å²) < 4.78 is 0. The second kappa shape index (κ2) is 11.5. The normalized spacial score (nSPS) is 12.3. The van der Waals surface area contributed by atoms with Crippen LogP contribution in [0, 0.1) is 11.3 Å². The maximum Gasteiger partial charge on any atom is 0.0638 e. The summed E-state index contributed by atoms with van der Waals surface area (Å²) in [6.07, 6.45) is 9.73. The summed E-state index contributed by atoms with van der Waals surface area (Å²) in [6.45, 7) is 5.46. The molecule has 1 N–H and O–H groups in total. The second-order valence-electron chi connectivity index (χ2n) is 4.19. The average Bonchev–Trinajstić information content (AvgIpc) is 2.26. The lowest BCUT2D eigenvalue weighted by Crippen LogP contribution is -2.28. The van der Waals surface area contributed by atoms with Crippen molar-refractivity contribution in [2.24, 2.45) is 0 Å². The van der Waals surface area contributed by atoms with Crippen LogP contribution in [0.5, 0.6) is 0 Å². The highest BCUT2D eigenvalue weighted by Gasteiger charge is 2.02. The van der Waals surface area contributed by atoms with Gasteiger partial charge in [-0.2, -0.15) is 5.26 Å². The Labute approximate surface area is 95.1 Å².